The molecule has 41 heavy (non-hydrogen) atoms. The second-order valence-electron chi connectivity index (χ2n) is 10.3. The van der Waals surface area contributed by atoms with Gasteiger partial charge in [-0.3, -0.25) is 15.0 Å². The van der Waals surface area contributed by atoms with Crippen LogP contribution in [0.15, 0.2) is 60.7 Å². The molecule has 222 valence electrons. The van der Waals surface area contributed by atoms with E-state index in [-0.39, 0.29) is 24.3 Å². The maximum absolute atomic E-state index is 12.8. The third-order valence-corrected chi connectivity index (χ3v) is 7.24. The van der Waals surface area contributed by atoms with Crippen LogP contribution in [0, 0.1) is 0 Å². The summed E-state index contributed by atoms with van der Waals surface area (Å²) in [7, 11) is 0. The van der Waals surface area contributed by atoms with E-state index in [4.69, 9.17) is 9.47 Å². The SMILES string of the molecule is C[C@@H]1O[C@@H](Oc2ccc(C3CC(=O)NNCCN(C(=O)/C=C/c4ccccc4)CCCCN3)cc2)[C@H](O)[C@H](O)[C@H]1O. The molecule has 2 saturated heterocycles. The van der Waals surface area contributed by atoms with E-state index in [9.17, 15) is 24.9 Å². The molecular weight excluding hydrogens is 528 g/mol. The van der Waals surface area contributed by atoms with Crippen LogP contribution in [0.1, 0.15) is 43.4 Å². The smallest absolute Gasteiger partial charge is 0.246 e. The number of hydrogen-bond acceptors (Lipinski definition) is 9. The Labute approximate surface area is 240 Å². The van der Waals surface area contributed by atoms with E-state index in [1.807, 2.05) is 42.5 Å². The van der Waals surface area contributed by atoms with Crippen molar-refractivity contribution >= 4 is 17.9 Å². The highest BCUT2D eigenvalue weighted by molar-refractivity contribution is 5.91. The molecule has 2 aromatic carbocycles. The molecule has 4 rings (SSSR count). The molecule has 0 radical (unpaired) electrons. The van der Waals surface area contributed by atoms with Gasteiger partial charge in [0, 0.05) is 38.2 Å². The summed E-state index contributed by atoms with van der Waals surface area (Å²) in [6, 6.07) is 16.5. The van der Waals surface area contributed by atoms with Gasteiger partial charge in [-0.2, -0.15) is 0 Å². The van der Waals surface area contributed by atoms with Crippen LogP contribution in [0.3, 0.4) is 0 Å². The number of amides is 2. The Morgan fingerprint density at radius 3 is 2.49 bits per heavy atom. The molecule has 6 N–H and O–H groups in total. The fourth-order valence-corrected chi connectivity index (χ4v) is 4.79. The number of nitrogens with zero attached hydrogens (tertiary/aromatic N) is 1. The second kappa shape index (κ2) is 15.1. The Bertz CT molecular complexity index is 1150. The number of nitrogens with one attached hydrogen (secondary N) is 3. The number of benzene rings is 2. The summed E-state index contributed by atoms with van der Waals surface area (Å²) in [4.78, 5) is 27.3. The summed E-state index contributed by atoms with van der Waals surface area (Å²) in [5.41, 5.74) is 7.49. The number of carbonyl (C=O) groups excluding carboxylic acids is 2. The first-order chi connectivity index (χ1) is 19.8. The first-order valence-corrected chi connectivity index (χ1v) is 14.0. The fourth-order valence-electron chi connectivity index (χ4n) is 4.79. The van der Waals surface area contributed by atoms with E-state index in [0.29, 0.717) is 31.9 Å². The molecule has 0 saturated carbocycles. The minimum atomic E-state index is -1.40. The maximum atomic E-state index is 12.8. The van der Waals surface area contributed by atoms with Crippen molar-refractivity contribution in [3.63, 3.8) is 0 Å². The summed E-state index contributed by atoms with van der Waals surface area (Å²) in [6.07, 6.45) is -0.605. The molecule has 2 fully saturated rings. The predicted octanol–water partition coefficient (Wildman–Crippen LogP) is 0.870. The van der Waals surface area contributed by atoms with Gasteiger partial charge in [-0.25, -0.2) is 5.43 Å². The van der Waals surface area contributed by atoms with E-state index in [0.717, 1.165) is 24.0 Å². The summed E-state index contributed by atoms with van der Waals surface area (Å²) >= 11 is 0. The first kappa shape index (κ1) is 30.6. The van der Waals surface area contributed by atoms with Gasteiger partial charge in [0.25, 0.3) is 0 Å². The number of ether oxygens (including phenoxy) is 2. The highest BCUT2D eigenvalue weighted by Crippen LogP contribution is 2.26. The molecule has 11 heteroatoms. The maximum Gasteiger partial charge on any atom is 0.246 e. The molecule has 2 amide bonds. The average Bonchev–Trinajstić information content (AvgIpc) is 3.00. The van der Waals surface area contributed by atoms with Gasteiger partial charge in [-0.15, -0.1) is 0 Å². The second-order valence-corrected chi connectivity index (χ2v) is 10.3. The zero-order valence-electron chi connectivity index (χ0n) is 23.2. The van der Waals surface area contributed by atoms with Crippen molar-refractivity contribution in [3.05, 3.63) is 71.8 Å². The molecular formula is C30H40N4O7. The zero-order chi connectivity index (χ0) is 29.2. The lowest BCUT2D eigenvalue weighted by atomic mass is 10.00. The van der Waals surface area contributed by atoms with Crippen molar-refractivity contribution < 1.29 is 34.4 Å². The quantitative estimate of drug-likeness (QED) is 0.289. The number of carbonyl (C=O) groups is 2. The molecule has 0 spiro atoms. The van der Waals surface area contributed by atoms with Gasteiger partial charge in [-0.1, -0.05) is 42.5 Å². The molecule has 11 nitrogen and oxygen atoms in total. The van der Waals surface area contributed by atoms with Crippen LogP contribution in [0.25, 0.3) is 6.08 Å². The molecule has 0 aliphatic carbocycles. The van der Waals surface area contributed by atoms with Crippen LogP contribution in [0.5, 0.6) is 5.75 Å². The van der Waals surface area contributed by atoms with Gasteiger partial charge in [-0.05, 0) is 55.6 Å². The Morgan fingerprint density at radius 2 is 1.73 bits per heavy atom. The third-order valence-electron chi connectivity index (χ3n) is 7.24. The molecule has 6 atom stereocenters. The van der Waals surface area contributed by atoms with Crippen molar-refractivity contribution in [2.24, 2.45) is 0 Å². The van der Waals surface area contributed by atoms with E-state index in [1.165, 1.54) is 0 Å². The molecule has 2 heterocycles. The van der Waals surface area contributed by atoms with Gasteiger partial charge in [0.1, 0.15) is 24.1 Å². The van der Waals surface area contributed by atoms with Gasteiger partial charge in [0.15, 0.2) is 0 Å². The lowest BCUT2D eigenvalue weighted by Gasteiger charge is -2.38. The van der Waals surface area contributed by atoms with Gasteiger partial charge in [0.2, 0.25) is 18.1 Å². The van der Waals surface area contributed by atoms with E-state index < -0.39 is 30.7 Å². The number of hydrazine groups is 1. The topological polar surface area (TPSA) is 153 Å². The molecule has 2 aliphatic rings. The standard InChI is InChI=1S/C30H40N4O7/c1-20-27(37)28(38)29(39)30(40-20)41-23-12-10-22(11-13-23)24-19-25(35)33-32-16-18-34(17-6-5-15-31-24)26(36)14-9-21-7-3-2-4-8-21/h2-4,7-14,20,24,27-32,37-39H,5-6,15-19H2,1H3,(H,33,35)/b14-9+/t20-,24?,27-,28+,29+,30-/m0/s1. The Balaban J connectivity index is 1.33. The molecule has 1 unspecified atom stereocenters. The number of rotatable bonds is 5. The molecule has 0 aromatic heterocycles. The van der Waals surface area contributed by atoms with E-state index in [2.05, 4.69) is 16.2 Å². The van der Waals surface area contributed by atoms with Crippen molar-refractivity contribution in [2.75, 3.05) is 26.2 Å². The first-order valence-electron chi connectivity index (χ1n) is 14.0. The molecule has 2 aliphatic heterocycles. The van der Waals surface area contributed by atoms with Gasteiger partial charge >= 0.3 is 0 Å². The van der Waals surface area contributed by atoms with Gasteiger partial charge in [0.05, 0.1) is 6.10 Å². The van der Waals surface area contributed by atoms with Crippen LogP contribution < -0.4 is 20.9 Å². The van der Waals surface area contributed by atoms with Crippen molar-refractivity contribution in [1.29, 1.82) is 0 Å². The minimum Gasteiger partial charge on any atom is -0.462 e. The average molecular weight is 569 g/mol. The summed E-state index contributed by atoms with van der Waals surface area (Å²) in [6.45, 7) is 3.73. The monoisotopic (exact) mass is 568 g/mol. The molecule has 2 aromatic rings. The number of aliphatic hydroxyl groups is 3. The normalized spacial score (nSPS) is 28.7. The van der Waals surface area contributed by atoms with Crippen molar-refractivity contribution in [3.8, 4) is 5.75 Å². The predicted molar refractivity (Wildman–Crippen MR) is 152 cm³/mol. The van der Waals surface area contributed by atoms with E-state index >= 15 is 0 Å². The lowest BCUT2D eigenvalue weighted by Crippen LogP contribution is -2.58. The number of aliphatic hydroxyl groups excluding tert-OH is 3. The Morgan fingerprint density at radius 1 is 0.976 bits per heavy atom. The number of hydrogen-bond donors (Lipinski definition) is 6. The zero-order valence-corrected chi connectivity index (χ0v) is 23.2. The van der Waals surface area contributed by atoms with Crippen molar-refractivity contribution in [2.45, 2.75) is 62.9 Å². The summed E-state index contributed by atoms with van der Waals surface area (Å²) in [5, 5.41) is 33.6. The minimum absolute atomic E-state index is 0.0729. The Kier molecular flexibility index (Phi) is 11.3. The highest BCUT2D eigenvalue weighted by Gasteiger charge is 2.43. The molecule has 0 bridgehead atoms. The van der Waals surface area contributed by atoms with Crippen LogP contribution in [0.2, 0.25) is 0 Å². The highest BCUT2D eigenvalue weighted by atomic mass is 16.7. The van der Waals surface area contributed by atoms with Crippen molar-refractivity contribution in [1.82, 2.24) is 21.1 Å². The third kappa shape index (κ3) is 8.83. The fraction of sp³-hybridized carbons (Fsp3) is 0.467. The van der Waals surface area contributed by atoms with Crippen LogP contribution in [0.4, 0.5) is 0 Å². The summed E-state index contributed by atoms with van der Waals surface area (Å²) < 4.78 is 11.2. The van der Waals surface area contributed by atoms with Gasteiger partial charge < -0.3 is 35.0 Å². The van der Waals surface area contributed by atoms with Crippen LogP contribution in [-0.4, -0.2) is 88.9 Å². The van der Waals surface area contributed by atoms with Crippen LogP contribution in [-0.2, 0) is 14.3 Å². The lowest BCUT2D eigenvalue weighted by molar-refractivity contribution is -0.268. The van der Waals surface area contributed by atoms with E-state index in [1.54, 1.807) is 36.1 Å². The Hall–Kier alpha value is -3.32. The summed E-state index contributed by atoms with van der Waals surface area (Å²) in [5.74, 6) is 0.149. The largest absolute Gasteiger partial charge is 0.462 e. The van der Waals surface area contributed by atoms with Crippen LogP contribution >= 0.6 is 0 Å².